The smallest absolute Gasteiger partial charge is 0.310 e. The second-order valence-electron chi connectivity index (χ2n) is 5.01. The molecule has 21 heavy (non-hydrogen) atoms. The van der Waals surface area contributed by atoms with Crippen LogP contribution in [0.2, 0.25) is 0 Å². The number of hydrogen-bond donors (Lipinski definition) is 0. The van der Waals surface area contributed by atoms with E-state index < -0.39 is 29.7 Å². The Hall–Kier alpha value is -1.76. The van der Waals surface area contributed by atoms with Crippen molar-refractivity contribution in [2.45, 2.75) is 24.0 Å². The van der Waals surface area contributed by atoms with Gasteiger partial charge in [0, 0.05) is 6.54 Å². The molecule has 2 aliphatic heterocycles. The number of benzene rings is 1. The van der Waals surface area contributed by atoms with Gasteiger partial charge in [-0.25, -0.2) is 9.69 Å². The third kappa shape index (κ3) is 2.25. The molecule has 0 aromatic heterocycles. The second-order valence-corrected chi connectivity index (χ2v) is 5.62. The van der Waals surface area contributed by atoms with Gasteiger partial charge in [0.05, 0.1) is 16.6 Å². The fourth-order valence-corrected chi connectivity index (χ4v) is 2.98. The number of amides is 3. The van der Waals surface area contributed by atoms with Crippen molar-refractivity contribution >= 4 is 29.2 Å². The number of imide groups is 1. The molecular weight excluding hydrogens is 309 g/mol. The zero-order chi connectivity index (χ0) is 15.4. The Bertz CT molecular complexity index is 596. The van der Waals surface area contributed by atoms with Gasteiger partial charge < -0.3 is 4.90 Å². The van der Waals surface area contributed by atoms with Crippen LogP contribution in [0.1, 0.15) is 12.0 Å². The Kier molecular flexibility index (Phi) is 3.12. The molecule has 0 aliphatic carbocycles. The molecule has 2 atom stereocenters. The number of hydrogen-bond acceptors (Lipinski definition) is 2. The predicted molar refractivity (Wildman–Crippen MR) is 69.1 cm³/mol. The van der Waals surface area contributed by atoms with Gasteiger partial charge in [-0.05, 0) is 24.6 Å². The van der Waals surface area contributed by atoms with Crippen molar-refractivity contribution in [1.29, 1.82) is 0 Å². The predicted octanol–water partition coefficient (Wildman–Crippen LogP) is 2.85. The molecule has 1 aromatic carbocycles. The van der Waals surface area contributed by atoms with Gasteiger partial charge >= 0.3 is 12.2 Å². The van der Waals surface area contributed by atoms with Crippen LogP contribution in [0, 0.1) is 0 Å². The van der Waals surface area contributed by atoms with E-state index in [9.17, 15) is 22.8 Å². The van der Waals surface area contributed by atoms with E-state index in [4.69, 9.17) is 11.6 Å². The maximum atomic E-state index is 12.7. The van der Waals surface area contributed by atoms with Gasteiger partial charge in [0.25, 0.3) is 5.91 Å². The van der Waals surface area contributed by atoms with Crippen LogP contribution < -0.4 is 4.90 Å². The first-order valence-electron chi connectivity index (χ1n) is 6.25. The van der Waals surface area contributed by atoms with E-state index >= 15 is 0 Å². The molecule has 2 fully saturated rings. The maximum absolute atomic E-state index is 12.7. The molecule has 0 unspecified atom stereocenters. The molecule has 2 heterocycles. The molecule has 0 radical (unpaired) electrons. The van der Waals surface area contributed by atoms with Gasteiger partial charge in [-0.2, -0.15) is 13.2 Å². The second kappa shape index (κ2) is 4.62. The van der Waals surface area contributed by atoms with Crippen molar-refractivity contribution in [2.24, 2.45) is 0 Å². The lowest BCUT2D eigenvalue weighted by atomic mass is 10.1. The van der Waals surface area contributed by atoms with E-state index in [0.717, 1.165) is 17.0 Å². The van der Waals surface area contributed by atoms with Gasteiger partial charge in [-0.3, -0.25) is 4.79 Å². The summed E-state index contributed by atoms with van der Waals surface area (Å²) in [7, 11) is 0. The summed E-state index contributed by atoms with van der Waals surface area (Å²) in [6.45, 7) is 0.228. The summed E-state index contributed by atoms with van der Waals surface area (Å²) in [4.78, 5) is 26.5. The number of halogens is 4. The Morgan fingerprint density at radius 1 is 1.24 bits per heavy atom. The standard InChI is InChI=1S/C13H10ClF3N2O2/c14-8-5-10-11(20)19(12(21)18(10)6-8)9-3-1-2-7(4-9)13(15,16)17/h1-4,8,10H,5-6H2/t8-,10+/m1/s1. The van der Waals surface area contributed by atoms with Crippen LogP contribution in [0.4, 0.5) is 23.7 Å². The number of carbonyl (C=O) groups excluding carboxylic acids is 2. The average molecular weight is 319 g/mol. The highest BCUT2D eigenvalue weighted by molar-refractivity contribution is 6.25. The first-order chi connectivity index (χ1) is 9.79. The van der Waals surface area contributed by atoms with Crippen molar-refractivity contribution in [3.05, 3.63) is 29.8 Å². The summed E-state index contributed by atoms with van der Waals surface area (Å²) in [5, 5.41) is -0.299. The highest BCUT2D eigenvalue weighted by atomic mass is 35.5. The summed E-state index contributed by atoms with van der Waals surface area (Å²) >= 11 is 5.91. The summed E-state index contributed by atoms with van der Waals surface area (Å²) in [6.07, 6.45) is -4.21. The Morgan fingerprint density at radius 3 is 2.57 bits per heavy atom. The molecule has 2 saturated heterocycles. The molecule has 0 saturated carbocycles. The fraction of sp³-hybridized carbons (Fsp3) is 0.385. The molecule has 0 bridgehead atoms. The van der Waals surface area contributed by atoms with E-state index in [1.165, 1.54) is 17.0 Å². The van der Waals surface area contributed by atoms with Crippen molar-refractivity contribution in [3.8, 4) is 0 Å². The summed E-state index contributed by atoms with van der Waals surface area (Å²) in [5.41, 5.74) is -0.969. The van der Waals surface area contributed by atoms with Crippen LogP contribution in [0.3, 0.4) is 0 Å². The largest absolute Gasteiger partial charge is 0.416 e. The van der Waals surface area contributed by atoms with Crippen molar-refractivity contribution in [3.63, 3.8) is 0 Å². The van der Waals surface area contributed by atoms with Gasteiger partial charge in [-0.15, -0.1) is 11.6 Å². The Labute approximate surface area is 123 Å². The van der Waals surface area contributed by atoms with Crippen LogP contribution >= 0.6 is 11.6 Å². The molecular formula is C13H10ClF3N2O2. The molecule has 112 valence electrons. The number of nitrogens with zero attached hydrogens (tertiary/aromatic N) is 2. The first kappa shape index (κ1) is 14.2. The van der Waals surface area contributed by atoms with Gasteiger partial charge in [0.1, 0.15) is 6.04 Å². The van der Waals surface area contributed by atoms with Crippen molar-refractivity contribution in [1.82, 2.24) is 4.90 Å². The van der Waals surface area contributed by atoms with E-state index in [2.05, 4.69) is 0 Å². The lowest BCUT2D eigenvalue weighted by molar-refractivity contribution is -0.137. The van der Waals surface area contributed by atoms with E-state index in [1.54, 1.807) is 0 Å². The Balaban J connectivity index is 1.95. The minimum atomic E-state index is -4.53. The number of anilines is 1. The SMILES string of the molecule is O=C1[C@@H]2C[C@@H](Cl)CN2C(=O)N1c1cccc(C(F)(F)F)c1. The molecule has 0 N–H and O–H groups in total. The molecule has 2 aliphatic rings. The van der Waals surface area contributed by atoms with Crippen LogP contribution in [0.25, 0.3) is 0 Å². The molecule has 4 nitrogen and oxygen atoms in total. The zero-order valence-corrected chi connectivity index (χ0v) is 11.4. The minimum absolute atomic E-state index is 0.0691. The molecule has 3 rings (SSSR count). The van der Waals surface area contributed by atoms with Gasteiger partial charge in [0.15, 0.2) is 0 Å². The van der Waals surface area contributed by atoms with E-state index in [0.29, 0.717) is 6.42 Å². The van der Waals surface area contributed by atoms with Crippen LogP contribution in [0.5, 0.6) is 0 Å². The highest BCUT2D eigenvalue weighted by Gasteiger charge is 2.50. The molecule has 0 spiro atoms. The lowest BCUT2D eigenvalue weighted by Gasteiger charge is -2.17. The van der Waals surface area contributed by atoms with E-state index in [1.807, 2.05) is 0 Å². The quantitative estimate of drug-likeness (QED) is 0.590. The number of alkyl halides is 4. The number of carbonyl (C=O) groups is 2. The molecule has 3 amide bonds. The maximum Gasteiger partial charge on any atom is 0.416 e. The van der Waals surface area contributed by atoms with Gasteiger partial charge in [0.2, 0.25) is 0 Å². The average Bonchev–Trinajstić information content (AvgIpc) is 2.88. The lowest BCUT2D eigenvalue weighted by Crippen LogP contribution is -2.34. The number of urea groups is 1. The van der Waals surface area contributed by atoms with Crippen LogP contribution in [-0.2, 0) is 11.0 Å². The van der Waals surface area contributed by atoms with Gasteiger partial charge in [-0.1, -0.05) is 6.07 Å². The normalized spacial score (nSPS) is 25.7. The third-order valence-corrected chi connectivity index (χ3v) is 3.94. The minimum Gasteiger partial charge on any atom is -0.310 e. The number of rotatable bonds is 1. The summed E-state index contributed by atoms with van der Waals surface area (Å²) in [5.74, 6) is -0.525. The highest BCUT2D eigenvalue weighted by Crippen LogP contribution is 2.36. The molecule has 8 heteroatoms. The summed E-state index contributed by atoms with van der Waals surface area (Å²) in [6, 6.07) is 2.89. The topological polar surface area (TPSA) is 40.6 Å². The van der Waals surface area contributed by atoms with E-state index in [-0.39, 0.29) is 17.6 Å². The number of fused-ring (bicyclic) bond motifs is 1. The molecule has 1 aromatic rings. The van der Waals surface area contributed by atoms with Crippen molar-refractivity contribution in [2.75, 3.05) is 11.4 Å². The zero-order valence-electron chi connectivity index (χ0n) is 10.6. The van der Waals surface area contributed by atoms with Crippen molar-refractivity contribution < 1.29 is 22.8 Å². The fourth-order valence-electron chi connectivity index (χ4n) is 2.66. The monoisotopic (exact) mass is 318 g/mol. The third-order valence-electron chi connectivity index (χ3n) is 3.62. The van der Waals surface area contributed by atoms with Crippen LogP contribution in [-0.4, -0.2) is 34.8 Å². The summed E-state index contributed by atoms with van der Waals surface area (Å²) < 4.78 is 38.1. The van der Waals surface area contributed by atoms with Crippen LogP contribution in [0.15, 0.2) is 24.3 Å². The Morgan fingerprint density at radius 2 is 1.95 bits per heavy atom. The first-order valence-corrected chi connectivity index (χ1v) is 6.68.